The average Bonchev–Trinajstić information content (AvgIpc) is 2.95. The SMILES string of the molecule is N#Cc1ccc(NC(=O)CCN2CCC(C(=O)O)C2)cc1. The van der Waals surface area contributed by atoms with Gasteiger partial charge in [0.05, 0.1) is 17.6 Å². The van der Waals surface area contributed by atoms with E-state index in [1.807, 2.05) is 11.0 Å². The fraction of sp³-hybridized carbons (Fsp3) is 0.400. The standard InChI is InChI=1S/C15H17N3O3/c16-9-11-1-3-13(4-2-11)17-14(19)6-8-18-7-5-12(10-18)15(20)21/h1-4,12H,5-8,10H2,(H,17,19)(H,20,21). The van der Waals surface area contributed by atoms with Crippen LogP contribution in [0.3, 0.4) is 0 Å². The third-order valence-corrected chi connectivity index (χ3v) is 3.57. The number of likely N-dealkylation sites (tertiary alicyclic amines) is 1. The first-order valence-electron chi connectivity index (χ1n) is 6.83. The zero-order valence-electron chi connectivity index (χ0n) is 11.6. The Hall–Kier alpha value is -2.39. The summed E-state index contributed by atoms with van der Waals surface area (Å²) in [7, 11) is 0. The summed E-state index contributed by atoms with van der Waals surface area (Å²) >= 11 is 0. The molecular formula is C15H17N3O3. The van der Waals surface area contributed by atoms with Crippen LogP contribution in [0, 0.1) is 17.2 Å². The number of hydrogen-bond donors (Lipinski definition) is 2. The fourth-order valence-electron chi connectivity index (χ4n) is 2.35. The van der Waals surface area contributed by atoms with E-state index in [9.17, 15) is 9.59 Å². The van der Waals surface area contributed by atoms with Gasteiger partial charge in [-0.1, -0.05) is 0 Å². The van der Waals surface area contributed by atoms with Crippen molar-refractivity contribution < 1.29 is 14.7 Å². The quantitative estimate of drug-likeness (QED) is 0.851. The lowest BCUT2D eigenvalue weighted by Crippen LogP contribution is -2.27. The van der Waals surface area contributed by atoms with E-state index in [2.05, 4.69) is 5.32 Å². The molecule has 1 aliphatic heterocycles. The maximum absolute atomic E-state index is 11.8. The van der Waals surface area contributed by atoms with Crippen molar-refractivity contribution in [3.8, 4) is 6.07 Å². The molecule has 1 heterocycles. The van der Waals surface area contributed by atoms with E-state index in [0.717, 1.165) is 6.54 Å². The van der Waals surface area contributed by atoms with Gasteiger partial charge in [0.25, 0.3) is 0 Å². The Morgan fingerprint density at radius 2 is 2.10 bits per heavy atom. The van der Waals surface area contributed by atoms with Gasteiger partial charge in [0.1, 0.15) is 0 Å². The topological polar surface area (TPSA) is 93.4 Å². The van der Waals surface area contributed by atoms with Crippen LogP contribution in [0.25, 0.3) is 0 Å². The zero-order valence-corrected chi connectivity index (χ0v) is 11.6. The van der Waals surface area contributed by atoms with Crippen molar-refractivity contribution in [1.29, 1.82) is 5.26 Å². The Morgan fingerprint density at radius 1 is 1.38 bits per heavy atom. The van der Waals surface area contributed by atoms with E-state index in [1.165, 1.54) is 0 Å². The Bertz CT molecular complexity index is 563. The zero-order chi connectivity index (χ0) is 15.2. The van der Waals surface area contributed by atoms with Gasteiger partial charge < -0.3 is 15.3 Å². The Balaban J connectivity index is 1.75. The predicted octanol–water partition coefficient (Wildman–Crippen LogP) is 1.29. The van der Waals surface area contributed by atoms with Gasteiger partial charge in [-0.15, -0.1) is 0 Å². The highest BCUT2D eigenvalue weighted by molar-refractivity contribution is 5.90. The number of benzene rings is 1. The Kier molecular flexibility index (Phi) is 4.90. The van der Waals surface area contributed by atoms with Gasteiger partial charge in [-0.3, -0.25) is 9.59 Å². The molecule has 1 amide bonds. The molecule has 0 aliphatic carbocycles. The minimum Gasteiger partial charge on any atom is -0.481 e. The highest BCUT2D eigenvalue weighted by atomic mass is 16.4. The van der Waals surface area contributed by atoms with Crippen molar-refractivity contribution in [2.24, 2.45) is 5.92 Å². The number of hydrogen-bond acceptors (Lipinski definition) is 4. The molecular weight excluding hydrogens is 270 g/mol. The van der Waals surface area contributed by atoms with Crippen LogP contribution in [0.5, 0.6) is 0 Å². The molecule has 0 spiro atoms. The van der Waals surface area contributed by atoms with Crippen LogP contribution < -0.4 is 5.32 Å². The van der Waals surface area contributed by atoms with Crippen molar-refractivity contribution in [3.05, 3.63) is 29.8 Å². The number of nitrogens with one attached hydrogen (secondary N) is 1. The number of carboxylic acids is 1. The van der Waals surface area contributed by atoms with Crippen LogP contribution >= 0.6 is 0 Å². The van der Waals surface area contributed by atoms with Gasteiger partial charge >= 0.3 is 5.97 Å². The molecule has 1 atom stereocenters. The van der Waals surface area contributed by atoms with Crippen LogP contribution in [-0.4, -0.2) is 41.5 Å². The first kappa shape index (κ1) is 15.0. The van der Waals surface area contributed by atoms with Gasteiger partial charge in [-0.2, -0.15) is 5.26 Å². The lowest BCUT2D eigenvalue weighted by molar-refractivity contribution is -0.141. The number of anilines is 1. The van der Waals surface area contributed by atoms with Crippen molar-refractivity contribution in [2.45, 2.75) is 12.8 Å². The molecule has 1 unspecified atom stereocenters. The molecule has 1 aromatic rings. The van der Waals surface area contributed by atoms with E-state index < -0.39 is 5.97 Å². The van der Waals surface area contributed by atoms with Crippen molar-refractivity contribution in [1.82, 2.24) is 4.90 Å². The summed E-state index contributed by atoms with van der Waals surface area (Å²) in [4.78, 5) is 24.7. The lowest BCUT2D eigenvalue weighted by atomic mass is 10.1. The van der Waals surface area contributed by atoms with E-state index in [0.29, 0.717) is 37.2 Å². The van der Waals surface area contributed by atoms with Crippen LogP contribution in [0.1, 0.15) is 18.4 Å². The molecule has 21 heavy (non-hydrogen) atoms. The summed E-state index contributed by atoms with van der Waals surface area (Å²) in [6.45, 7) is 1.80. The number of carbonyl (C=O) groups is 2. The van der Waals surface area contributed by atoms with Crippen molar-refractivity contribution >= 4 is 17.6 Å². The molecule has 1 aliphatic rings. The minimum atomic E-state index is -0.764. The van der Waals surface area contributed by atoms with E-state index in [-0.39, 0.29) is 11.8 Å². The largest absolute Gasteiger partial charge is 0.481 e. The maximum atomic E-state index is 11.8. The summed E-state index contributed by atoms with van der Waals surface area (Å²) in [5.74, 6) is -1.19. The third kappa shape index (κ3) is 4.29. The predicted molar refractivity (Wildman–Crippen MR) is 76.6 cm³/mol. The normalized spacial score (nSPS) is 18.1. The monoisotopic (exact) mass is 287 g/mol. The summed E-state index contributed by atoms with van der Waals surface area (Å²) in [6.07, 6.45) is 0.971. The number of carboxylic acid groups (broad SMARTS) is 1. The summed E-state index contributed by atoms with van der Waals surface area (Å²) < 4.78 is 0. The lowest BCUT2D eigenvalue weighted by Gasteiger charge is -2.14. The van der Waals surface area contributed by atoms with Crippen LogP contribution in [-0.2, 0) is 9.59 Å². The number of aliphatic carboxylic acids is 1. The summed E-state index contributed by atoms with van der Waals surface area (Å²) in [5, 5.41) is 20.4. The summed E-state index contributed by atoms with van der Waals surface area (Å²) in [5.41, 5.74) is 1.20. The van der Waals surface area contributed by atoms with Gasteiger partial charge in [-0.05, 0) is 37.2 Å². The van der Waals surface area contributed by atoms with E-state index >= 15 is 0 Å². The highest BCUT2D eigenvalue weighted by Gasteiger charge is 2.27. The van der Waals surface area contributed by atoms with Gasteiger partial charge in [0, 0.05) is 25.2 Å². The first-order valence-corrected chi connectivity index (χ1v) is 6.83. The van der Waals surface area contributed by atoms with E-state index in [1.54, 1.807) is 24.3 Å². The van der Waals surface area contributed by atoms with Gasteiger partial charge in [0.15, 0.2) is 0 Å². The van der Waals surface area contributed by atoms with Gasteiger partial charge in [0.2, 0.25) is 5.91 Å². The second kappa shape index (κ2) is 6.86. The molecule has 0 aromatic heterocycles. The number of rotatable bonds is 5. The highest BCUT2D eigenvalue weighted by Crippen LogP contribution is 2.16. The van der Waals surface area contributed by atoms with Crippen LogP contribution in [0.4, 0.5) is 5.69 Å². The molecule has 0 radical (unpaired) electrons. The maximum Gasteiger partial charge on any atom is 0.307 e. The molecule has 1 fully saturated rings. The second-order valence-electron chi connectivity index (χ2n) is 5.11. The molecule has 6 nitrogen and oxygen atoms in total. The summed E-state index contributed by atoms with van der Waals surface area (Å²) in [6, 6.07) is 8.68. The number of nitriles is 1. The second-order valence-corrected chi connectivity index (χ2v) is 5.11. The van der Waals surface area contributed by atoms with Crippen molar-refractivity contribution in [3.63, 3.8) is 0 Å². The number of nitrogens with zero attached hydrogens (tertiary/aromatic N) is 2. The fourth-order valence-corrected chi connectivity index (χ4v) is 2.35. The minimum absolute atomic E-state index is 0.113. The van der Waals surface area contributed by atoms with E-state index in [4.69, 9.17) is 10.4 Å². The molecule has 1 aromatic carbocycles. The average molecular weight is 287 g/mol. The number of carbonyl (C=O) groups excluding carboxylic acids is 1. The molecule has 0 saturated carbocycles. The Labute approximate surface area is 123 Å². The molecule has 110 valence electrons. The van der Waals surface area contributed by atoms with Crippen LogP contribution in [0.15, 0.2) is 24.3 Å². The molecule has 1 saturated heterocycles. The molecule has 6 heteroatoms. The first-order chi connectivity index (χ1) is 10.1. The molecule has 2 rings (SSSR count). The van der Waals surface area contributed by atoms with Gasteiger partial charge in [-0.25, -0.2) is 0 Å². The smallest absolute Gasteiger partial charge is 0.307 e. The number of amides is 1. The van der Waals surface area contributed by atoms with Crippen LogP contribution in [0.2, 0.25) is 0 Å². The molecule has 2 N–H and O–H groups in total. The Morgan fingerprint density at radius 3 is 2.67 bits per heavy atom. The third-order valence-electron chi connectivity index (χ3n) is 3.57. The molecule has 0 bridgehead atoms. The van der Waals surface area contributed by atoms with Crippen molar-refractivity contribution in [2.75, 3.05) is 25.0 Å².